The fourth-order valence-corrected chi connectivity index (χ4v) is 2.09. The largest absolute Gasteiger partial charge is 0.368 e. The third-order valence-corrected chi connectivity index (χ3v) is 2.97. The average Bonchev–Trinajstić information content (AvgIpc) is 2.57. The molecule has 1 unspecified atom stereocenters. The average molecular weight is 222 g/mol. The van der Waals surface area contributed by atoms with E-state index in [4.69, 9.17) is 5.73 Å². The van der Waals surface area contributed by atoms with Crippen LogP contribution in [0.5, 0.6) is 0 Å². The highest BCUT2D eigenvalue weighted by Gasteiger charge is 2.04. The second-order valence-electron chi connectivity index (χ2n) is 3.68. The van der Waals surface area contributed by atoms with E-state index in [0.717, 1.165) is 28.3 Å². The van der Waals surface area contributed by atoms with Crippen molar-refractivity contribution in [1.29, 1.82) is 0 Å². The Morgan fingerprint density at radius 1 is 1.53 bits per heavy atom. The molecule has 0 aliphatic carbocycles. The quantitative estimate of drug-likeness (QED) is 0.830. The molecule has 0 aliphatic heterocycles. The summed E-state index contributed by atoms with van der Waals surface area (Å²) in [7, 11) is 0. The predicted octanol–water partition coefficient (Wildman–Crippen LogP) is 1.76. The van der Waals surface area contributed by atoms with E-state index in [0.29, 0.717) is 0 Å². The third kappa shape index (κ3) is 2.24. The first-order chi connectivity index (χ1) is 7.16. The van der Waals surface area contributed by atoms with Gasteiger partial charge in [0.15, 0.2) is 0 Å². The van der Waals surface area contributed by atoms with Crippen LogP contribution in [0.15, 0.2) is 12.1 Å². The molecule has 1 atom stereocenters. The molecule has 0 aliphatic rings. The van der Waals surface area contributed by atoms with Gasteiger partial charge in [0.25, 0.3) is 0 Å². The van der Waals surface area contributed by atoms with Crippen molar-refractivity contribution in [3.63, 3.8) is 0 Å². The van der Waals surface area contributed by atoms with Gasteiger partial charge in [-0.2, -0.15) is 4.37 Å². The molecule has 4 nitrogen and oxygen atoms in total. The van der Waals surface area contributed by atoms with Crippen LogP contribution in [0.3, 0.4) is 0 Å². The molecule has 0 saturated heterocycles. The minimum absolute atomic E-state index is 0.130. The van der Waals surface area contributed by atoms with Crippen molar-refractivity contribution in [2.45, 2.75) is 19.9 Å². The Hall–Kier alpha value is -1.20. The van der Waals surface area contributed by atoms with E-state index in [-0.39, 0.29) is 6.04 Å². The summed E-state index contributed by atoms with van der Waals surface area (Å²) in [5.74, 6) is 0.864. The Balaban J connectivity index is 2.23. The molecule has 0 saturated carbocycles. The zero-order chi connectivity index (χ0) is 10.8. The Bertz CT molecular complexity index is 463. The van der Waals surface area contributed by atoms with Gasteiger partial charge in [0.2, 0.25) is 0 Å². The summed E-state index contributed by atoms with van der Waals surface area (Å²) in [4.78, 5) is 5.43. The van der Waals surface area contributed by atoms with Gasteiger partial charge < -0.3 is 11.1 Å². The van der Waals surface area contributed by atoms with Gasteiger partial charge in [-0.25, -0.2) is 4.98 Å². The number of rotatable bonds is 3. The molecule has 2 rings (SSSR count). The summed E-state index contributed by atoms with van der Waals surface area (Å²) in [6, 6.07) is 4.14. The van der Waals surface area contributed by atoms with E-state index in [1.54, 1.807) is 0 Å². The summed E-state index contributed by atoms with van der Waals surface area (Å²) in [5, 5.41) is 4.32. The van der Waals surface area contributed by atoms with Gasteiger partial charge in [-0.1, -0.05) is 0 Å². The summed E-state index contributed by atoms with van der Waals surface area (Å²) in [6.07, 6.45) is 0. The fraction of sp³-hybridized carbons (Fsp3) is 0.400. The zero-order valence-electron chi connectivity index (χ0n) is 8.82. The minimum Gasteiger partial charge on any atom is -0.368 e. The Morgan fingerprint density at radius 3 is 3.07 bits per heavy atom. The number of hydrogen-bond donors (Lipinski definition) is 2. The monoisotopic (exact) mass is 222 g/mol. The Labute approximate surface area is 92.7 Å². The molecular weight excluding hydrogens is 208 g/mol. The Morgan fingerprint density at radius 2 is 2.33 bits per heavy atom. The van der Waals surface area contributed by atoms with E-state index in [1.807, 2.05) is 26.0 Å². The van der Waals surface area contributed by atoms with Crippen molar-refractivity contribution < 1.29 is 0 Å². The second-order valence-corrected chi connectivity index (χ2v) is 4.43. The van der Waals surface area contributed by atoms with Gasteiger partial charge in [-0.15, -0.1) is 0 Å². The van der Waals surface area contributed by atoms with Crippen molar-refractivity contribution in [3.8, 4) is 0 Å². The lowest BCUT2D eigenvalue weighted by molar-refractivity contribution is 0.778. The lowest BCUT2D eigenvalue weighted by Gasteiger charge is -2.07. The number of hydrogen-bond acceptors (Lipinski definition) is 5. The maximum atomic E-state index is 5.66. The lowest BCUT2D eigenvalue weighted by Crippen LogP contribution is -2.25. The topological polar surface area (TPSA) is 63.8 Å². The van der Waals surface area contributed by atoms with Crippen LogP contribution in [-0.2, 0) is 0 Å². The van der Waals surface area contributed by atoms with E-state index >= 15 is 0 Å². The number of anilines is 1. The number of nitrogens with two attached hydrogens (primary N) is 1. The van der Waals surface area contributed by atoms with Crippen molar-refractivity contribution in [1.82, 2.24) is 9.36 Å². The minimum atomic E-state index is 0.130. The summed E-state index contributed by atoms with van der Waals surface area (Å²) < 4.78 is 4.26. The summed E-state index contributed by atoms with van der Waals surface area (Å²) >= 11 is 1.43. The molecule has 80 valence electrons. The number of nitrogens with zero attached hydrogens (tertiary/aromatic N) is 2. The standard InChI is InChI=1S/C10H14N4S/c1-6(11)5-12-9-4-3-8-7(2)14-15-10(8)13-9/h3-4,6H,5,11H2,1-2H3,(H,12,13). The predicted molar refractivity (Wildman–Crippen MR) is 64.3 cm³/mol. The molecule has 2 aromatic heterocycles. The fourth-order valence-electron chi connectivity index (χ4n) is 1.31. The van der Waals surface area contributed by atoms with Crippen LogP contribution in [0.25, 0.3) is 10.2 Å². The van der Waals surface area contributed by atoms with Gasteiger partial charge in [-0.3, -0.25) is 0 Å². The van der Waals surface area contributed by atoms with Crippen LogP contribution in [0, 0.1) is 6.92 Å². The molecule has 0 aromatic carbocycles. The van der Waals surface area contributed by atoms with Gasteiger partial charge in [-0.05, 0) is 37.5 Å². The number of aryl methyl sites for hydroxylation is 1. The molecule has 5 heteroatoms. The van der Waals surface area contributed by atoms with E-state index in [2.05, 4.69) is 14.7 Å². The normalized spacial score (nSPS) is 13.0. The van der Waals surface area contributed by atoms with Crippen LogP contribution < -0.4 is 11.1 Å². The van der Waals surface area contributed by atoms with Crippen molar-refractivity contribution in [2.75, 3.05) is 11.9 Å². The van der Waals surface area contributed by atoms with Crippen LogP contribution in [0.2, 0.25) is 0 Å². The summed E-state index contributed by atoms with van der Waals surface area (Å²) in [6.45, 7) is 4.69. The summed E-state index contributed by atoms with van der Waals surface area (Å²) in [5.41, 5.74) is 6.70. The van der Waals surface area contributed by atoms with Gasteiger partial charge in [0, 0.05) is 18.0 Å². The molecule has 2 heterocycles. The highest BCUT2D eigenvalue weighted by molar-refractivity contribution is 7.12. The third-order valence-electron chi connectivity index (χ3n) is 2.12. The first kappa shape index (κ1) is 10.3. The number of nitrogens with one attached hydrogen (secondary N) is 1. The lowest BCUT2D eigenvalue weighted by atomic mass is 10.3. The maximum absolute atomic E-state index is 5.66. The van der Waals surface area contributed by atoms with Crippen molar-refractivity contribution >= 4 is 27.6 Å². The molecule has 15 heavy (non-hydrogen) atoms. The highest BCUT2D eigenvalue weighted by Crippen LogP contribution is 2.21. The SMILES string of the molecule is Cc1nsc2nc(NCC(C)N)ccc12. The second kappa shape index (κ2) is 4.12. The van der Waals surface area contributed by atoms with Crippen LogP contribution in [0.4, 0.5) is 5.82 Å². The molecule has 2 aromatic rings. The van der Waals surface area contributed by atoms with E-state index in [1.165, 1.54) is 11.5 Å². The molecular formula is C10H14N4S. The molecule has 0 radical (unpaired) electrons. The molecule has 0 bridgehead atoms. The molecule has 0 amide bonds. The van der Waals surface area contributed by atoms with Crippen LogP contribution >= 0.6 is 11.5 Å². The smallest absolute Gasteiger partial charge is 0.146 e. The number of fused-ring (bicyclic) bond motifs is 1. The molecule has 3 N–H and O–H groups in total. The first-order valence-corrected chi connectivity index (χ1v) is 5.66. The molecule has 0 fully saturated rings. The van der Waals surface area contributed by atoms with Crippen molar-refractivity contribution in [2.24, 2.45) is 5.73 Å². The van der Waals surface area contributed by atoms with E-state index < -0.39 is 0 Å². The van der Waals surface area contributed by atoms with Crippen molar-refractivity contribution in [3.05, 3.63) is 17.8 Å². The van der Waals surface area contributed by atoms with Crippen LogP contribution in [-0.4, -0.2) is 21.9 Å². The Kier molecular flexibility index (Phi) is 2.83. The number of pyridine rings is 1. The van der Waals surface area contributed by atoms with Crippen LogP contribution in [0.1, 0.15) is 12.6 Å². The zero-order valence-corrected chi connectivity index (χ0v) is 9.64. The van der Waals surface area contributed by atoms with E-state index in [9.17, 15) is 0 Å². The van der Waals surface area contributed by atoms with Gasteiger partial charge in [0.1, 0.15) is 10.6 Å². The maximum Gasteiger partial charge on any atom is 0.146 e. The van der Waals surface area contributed by atoms with Gasteiger partial charge >= 0.3 is 0 Å². The first-order valence-electron chi connectivity index (χ1n) is 4.89. The molecule has 0 spiro atoms. The number of aromatic nitrogens is 2. The van der Waals surface area contributed by atoms with Gasteiger partial charge in [0.05, 0.1) is 5.69 Å². The highest BCUT2D eigenvalue weighted by atomic mass is 32.1.